The summed E-state index contributed by atoms with van der Waals surface area (Å²) in [4.78, 5) is 1.91. The van der Waals surface area contributed by atoms with Crippen LogP contribution in [-0.4, -0.2) is 19.1 Å². The number of anilines is 1. The lowest BCUT2D eigenvalue weighted by molar-refractivity contribution is 0.443. The van der Waals surface area contributed by atoms with Crippen LogP contribution in [0, 0.1) is 5.82 Å². The van der Waals surface area contributed by atoms with Crippen molar-refractivity contribution in [1.82, 2.24) is 0 Å². The van der Waals surface area contributed by atoms with E-state index in [9.17, 15) is 4.39 Å². The molecule has 0 fully saturated rings. The van der Waals surface area contributed by atoms with Crippen molar-refractivity contribution in [2.75, 3.05) is 18.5 Å². The van der Waals surface area contributed by atoms with Gasteiger partial charge in [0.05, 0.1) is 11.2 Å². The maximum Gasteiger partial charge on any atom is 0.146 e. The van der Waals surface area contributed by atoms with Crippen molar-refractivity contribution in [3.05, 3.63) is 64.9 Å². The molecule has 0 spiro atoms. The summed E-state index contributed by atoms with van der Waals surface area (Å²) in [5.74, 6) is -0.240. The number of nitrogens with two attached hydrogens (primary N) is 1. The second kappa shape index (κ2) is 6.46. The minimum atomic E-state index is -0.379. The molecule has 2 N–H and O–H groups in total. The Kier molecular flexibility index (Phi) is 4.86. The summed E-state index contributed by atoms with van der Waals surface area (Å²) >= 11 is 5.91. The van der Waals surface area contributed by atoms with Gasteiger partial charge in [-0.3, -0.25) is 0 Å². The van der Waals surface area contributed by atoms with Crippen molar-refractivity contribution in [1.29, 1.82) is 0 Å². The highest BCUT2D eigenvalue weighted by atomic mass is 35.5. The first-order valence-electron chi connectivity index (χ1n) is 6.89. The summed E-state index contributed by atoms with van der Waals surface area (Å²) in [5.41, 5.74) is 7.28. The van der Waals surface area contributed by atoms with E-state index in [1.54, 1.807) is 12.1 Å². The van der Waals surface area contributed by atoms with Gasteiger partial charge in [0, 0.05) is 18.6 Å². The molecule has 112 valence electrons. The summed E-state index contributed by atoms with van der Waals surface area (Å²) in [7, 11) is 1.88. The Balaban J connectivity index is 2.28. The molecule has 2 nitrogen and oxygen atoms in total. The predicted octanol–water partition coefficient (Wildman–Crippen LogP) is 3.88. The number of para-hydroxylation sites is 1. The number of nitrogens with zero attached hydrogens (tertiary/aromatic N) is 1. The molecule has 4 heteroatoms. The Bertz CT molecular complexity index is 600. The number of benzene rings is 2. The van der Waals surface area contributed by atoms with Gasteiger partial charge in [-0.15, -0.1) is 0 Å². The van der Waals surface area contributed by atoms with E-state index in [-0.39, 0.29) is 11.4 Å². The van der Waals surface area contributed by atoms with Gasteiger partial charge in [0.2, 0.25) is 0 Å². The van der Waals surface area contributed by atoms with Crippen LogP contribution in [0.15, 0.2) is 48.5 Å². The third-order valence-electron chi connectivity index (χ3n) is 3.96. The summed E-state index contributed by atoms with van der Waals surface area (Å²) in [6.07, 6.45) is 0.714. The van der Waals surface area contributed by atoms with Crippen molar-refractivity contribution in [3.8, 4) is 0 Å². The van der Waals surface area contributed by atoms with E-state index in [4.69, 9.17) is 17.3 Å². The van der Waals surface area contributed by atoms with E-state index in [2.05, 4.69) is 0 Å². The third kappa shape index (κ3) is 3.55. The summed E-state index contributed by atoms with van der Waals surface area (Å²) in [6, 6.07) is 14.4. The number of hydrogen-bond donors (Lipinski definition) is 1. The van der Waals surface area contributed by atoms with Crippen LogP contribution < -0.4 is 10.6 Å². The molecule has 0 amide bonds. The molecule has 0 bridgehead atoms. The zero-order valence-electron chi connectivity index (χ0n) is 12.3. The molecular weight excluding hydrogens is 287 g/mol. The fraction of sp³-hybridized carbons (Fsp3) is 0.294. The lowest BCUT2D eigenvalue weighted by Gasteiger charge is -2.40. The molecule has 1 atom stereocenters. The zero-order valence-corrected chi connectivity index (χ0v) is 13.1. The monoisotopic (exact) mass is 306 g/mol. The van der Waals surface area contributed by atoms with E-state index < -0.39 is 0 Å². The molecule has 2 aromatic carbocycles. The number of hydrogen-bond acceptors (Lipinski definition) is 2. The van der Waals surface area contributed by atoms with Gasteiger partial charge in [-0.1, -0.05) is 35.9 Å². The van der Waals surface area contributed by atoms with Crippen molar-refractivity contribution in [3.63, 3.8) is 0 Å². The van der Waals surface area contributed by atoms with Crippen LogP contribution in [0.5, 0.6) is 0 Å². The Labute approximate surface area is 130 Å². The molecule has 0 aliphatic carbocycles. The smallest absolute Gasteiger partial charge is 0.146 e. The van der Waals surface area contributed by atoms with E-state index >= 15 is 0 Å². The second-order valence-electron chi connectivity index (χ2n) is 5.51. The molecule has 2 rings (SSSR count). The molecule has 21 heavy (non-hydrogen) atoms. The minimum absolute atomic E-state index is 0.240. The molecule has 0 aliphatic rings. The maximum absolute atomic E-state index is 14.0. The number of likely N-dealkylation sites (N-methyl/N-ethyl adjacent to an activating group) is 1. The first kappa shape index (κ1) is 15.8. The molecule has 0 saturated carbocycles. The molecule has 2 aromatic rings. The molecule has 0 heterocycles. The zero-order chi connectivity index (χ0) is 15.5. The van der Waals surface area contributed by atoms with E-state index in [1.165, 1.54) is 6.07 Å². The third-order valence-corrected chi connectivity index (χ3v) is 4.21. The van der Waals surface area contributed by atoms with Crippen LogP contribution in [0.3, 0.4) is 0 Å². The quantitative estimate of drug-likeness (QED) is 0.908. The van der Waals surface area contributed by atoms with Gasteiger partial charge >= 0.3 is 0 Å². The Morgan fingerprint density at radius 2 is 1.76 bits per heavy atom. The lowest BCUT2D eigenvalue weighted by atomic mass is 9.90. The molecule has 0 aliphatic heterocycles. The van der Waals surface area contributed by atoms with E-state index in [1.807, 2.05) is 49.2 Å². The highest BCUT2D eigenvalue weighted by Crippen LogP contribution is 2.27. The van der Waals surface area contributed by atoms with Crippen molar-refractivity contribution in [2.24, 2.45) is 5.73 Å². The summed E-state index contributed by atoms with van der Waals surface area (Å²) in [5, 5.41) is 0.704. The van der Waals surface area contributed by atoms with Gasteiger partial charge < -0.3 is 10.6 Å². The Morgan fingerprint density at radius 3 is 2.33 bits per heavy atom. The van der Waals surface area contributed by atoms with Crippen molar-refractivity contribution >= 4 is 17.3 Å². The largest absolute Gasteiger partial charge is 0.365 e. The van der Waals surface area contributed by atoms with Crippen LogP contribution in [0.25, 0.3) is 0 Å². The Hall–Kier alpha value is -1.58. The molecule has 0 aromatic heterocycles. The number of rotatable bonds is 5. The average molecular weight is 307 g/mol. The first-order valence-corrected chi connectivity index (χ1v) is 7.27. The molecule has 0 radical (unpaired) electrons. The highest BCUT2D eigenvalue weighted by Gasteiger charge is 2.29. The van der Waals surface area contributed by atoms with Crippen molar-refractivity contribution in [2.45, 2.75) is 18.9 Å². The predicted molar refractivity (Wildman–Crippen MR) is 87.4 cm³/mol. The van der Waals surface area contributed by atoms with E-state index in [0.717, 1.165) is 5.56 Å². The maximum atomic E-state index is 14.0. The van der Waals surface area contributed by atoms with Gasteiger partial charge in [-0.2, -0.15) is 0 Å². The highest BCUT2D eigenvalue weighted by molar-refractivity contribution is 6.30. The van der Waals surface area contributed by atoms with Crippen LogP contribution in [0.4, 0.5) is 10.1 Å². The average Bonchev–Trinajstić information content (AvgIpc) is 2.49. The van der Waals surface area contributed by atoms with Crippen molar-refractivity contribution < 1.29 is 4.39 Å². The second-order valence-corrected chi connectivity index (χ2v) is 5.95. The lowest BCUT2D eigenvalue weighted by Crippen LogP contribution is -2.52. The van der Waals surface area contributed by atoms with Gasteiger partial charge in [-0.05, 0) is 43.2 Å². The standard InChI is InChI=1S/C17H20ClFN2/c1-17(12-20,11-13-7-9-14(18)10-8-13)21(2)16-6-4-3-5-15(16)19/h3-10H,11-12,20H2,1-2H3. The molecule has 0 saturated heterocycles. The van der Waals surface area contributed by atoms with Gasteiger partial charge in [-0.25, -0.2) is 4.39 Å². The van der Waals surface area contributed by atoms with Crippen LogP contribution in [0.2, 0.25) is 5.02 Å². The number of halogens is 2. The minimum Gasteiger partial charge on any atom is -0.365 e. The summed E-state index contributed by atoms with van der Waals surface area (Å²) in [6.45, 7) is 2.45. The van der Waals surface area contributed by atoms with Gasteiger partial charge in [0.25, 0.3) is 0 Å². The fourth-order valence-electron chi connectivity index (χ4n) is 2.38. The van der Waals surface area contributed by atoms with Gasteiger partial charge in [0.15, 0.2) is 0 Å². The summed E-state index contributed by atoms with van der Waals surface area (Å²) < 4.78 is 14.0. The van der Waals surface area contributed by atoms with Gasteiger partial charge in [0.1, 0.15) is 5.82 Å². The van der Waals surface area contributed by atoms with E-state index in [0.29, 0.717) is 23.7 Å². The normalized spacial score (nSPS) is 13.8. The first-order chi connectivity index (χ1) is 9.96. The molecular formula is C17H20ClFN2. The fourth-order valence-corrected chi connectivity index (χ4v) is 2.51. The van der Waals surface area contributed by atoms with Crippen LogP contribution >= 0.6 is 11.6 Å². The SMILES string of the molecule is CN(c1ccccc1F)C(C)(CN)Cc1ccc(Cl)cc1. The van der Waals surface area contributed by atoms with Crippen LogP contribution in [-0.2, 0) is 6.42 Å². The topological polar surface area (TPSA) is 29.3 Å². The Morgan fingerprint density at radius 1 is 1.14 bits per heavy atom. The van der Waals surface area contributed by atoms with Crippen LogP contribution in [0.1, 0.15) is 12.5 Å². The molecule has 1 unspecified atom stereocenters.